The van der Waals surface area contributed by atoms with E-state index in [0.717, 1.165) is 0 Å². The van der Waals surface area contributed by atoms with E-state index in [4.69, 9.17) is 0 Å². The summed E-state index contributed by atoms with van der Waals surface area (Å²) in [6.07, 6.45) is 20.1. The van der Waals surface area contributed by atoms with Crippen molar-refractivity contribution in [2.45, 2.75) is 82.1 Å². The van der Waals surface area contributed by atoms with Crippen molar-refractivity contribution in [3.63, 3.8) is 0 Å². The SMILES string of the molecule is CCCCCC/C=C/CCCCCC[CH2][Mg+].[I-]. The van der Waals surface area contributed by atoms with Crippen LogP contribution < -0.4 is 24.0 Å². The van der Waals surface area contributed by atoms with Crippen molar-refractivity contribution in [3.05, 3.63) is 12.2 Å². The summed E-state index contributed by atoms with van der Waals surface area (Å²) in [7, 11) is 0. The van der Waals surface area contributed by atoms with E-state index in [1.165, 1.54) is 75.2 Å². The van der Waals surface area contributed by atoms with Gasteiger partial charge in [-0.15, -0.1) is 0 Å². The molecule has 0 amide bonds. The topological polar surface area (TPSA) is 0 Å². The summed E-state index contributed by atoms with van der Waals surface area (Å²) in [5.41, 5.74) is 0. The second kappa shape index (κ2) is 19.6. The number of halogens is 1. The van der Waals surface area contributed by atoms with Gasteiger partial charge in [-0.25, -0.2) is 0 Å². The summed E-state index contributed by atoms with van der Waals surface area (Å²) in [5, 5.41) is 0. The van der Waals surface area contributed by atoms with Gasteiger partial charge in [0.2, 0.25) is 0 Å². The van der Waals surface area contributed by atoms with Crippen LogP contribution in [-0.2, 0) is 0 Å². The molecule has 0 fully saturated rings. The molecule has 0 bridgehead atoms. The Balaban J connectivity index is 0. The third-order valence-corrected chi connectivity index (χ3v) is 3.51. The molecule has 0 N–H and O–H groups in total. The van der Waals surface area contributed by atoms with Crippen LogP contribution in [0.2, 0.25) is 4.55 Å². The molecule has 98 valence electrons. The van der Waals surface area contributed by atoms with Crippen molar-refractivity contribution >= 4 is 21.7 Å². The van der Waals surface area contributed by atoms with Gasteiger partial charge in [-0.1, -0.05) is 19.8 Å². The fourth-order valence-corrected chi connectivity index (χ4v) is 2.25. The molecule has 0 aromatic carbocycles. The first-order chi connectivity index (χ1) is 7.91. The van der Waals surface area contributed by atoms with Crippen LogP contribution >= 0.6 is 0 Å². The van der Waals surface area contributed by atoms with E-state index >= 15 is 0 Å². The smallest absolute Gasteiger partial charge is 1.00 e. The maximum absolute atomic E-state index is 2.40. The van der Waals surface area contributed by atoms with Gasteiger partial charge in [0.25, 0.3) is 0 Å². The largest absolute Gasteiger partial charge is 1.00 e. The van der Waals surface area contributed by atoms with Crippen LogP contribution in [0, 0.1) is 0 Å². The first-order valence-corrected chi connectivity index (χ1v) is 8.36. The Morgan fingerprint density at radius 3 is 1.71 bits per heavy atom. The molecule has 0 rings (SSSR count). The molecule has 0 aliphatic rings. The van der Waals surface area contributed by atoms with E-state index in [-0.39, 0.29) is 24.0 Å². The molecule has 0 atom stereocenters. The summed E-state index contributed by atoms with van der Waals surface area (Å²) in [6, 6.07) is 0. The fourth-order valence-electron chi connectivity index (χ4n) is 1.89. The maximum atomic E-state index is 2.40. The van der Waals surface area contributed by atoms with Crippen molar-refractivity contribution in [2.75, 3.05) is 0 Å². The summed E-state index contributed by atoms with van der Waals surface area (Å²) < 4.78 is 1.39. The number of unbranched alkanes of at least 4 members (excludes halogenated alkanes) is 9. The van der Waals surface area contributed by atoms with E-state index in [9.17, 15) is 0 Å². The Morgan fingerprint density at radius 1 is 0.706 bits per heavy atom. The van der Waals surface area contributed by atoms with Crippen LogP contribution in [0.15, 0.2) is 12.2 Å². The van der Waals surface area contributed by atoms with Crippen LogP contribution in [0.5, 0.6) is 0 Å². The molecule has 0 nitrogen and oxygen atoms in total. The third-order valence-electron chi connectivity index (χ3n) is 3.01. The number of allylic oxidation sites excluding steroid dienone is 2. The molecule has 0 aliphatic carbocycles. The molecule has 0 heterocycles. The van der Waals surface area contributed by atoms with E-state index < -0.39 is 0 Å². The van der Waals surface area contributed by atoms with Gasteiger partial charge < -0.3 is 24.0 Å². The van der Waals surface area contributed by atoms with Crippen LogP contribution in [0.4, 0.5) is 0 Å². The van der Waals surface area contributed by atoms with Crippen molar-refractivity contribution in [1.82, 2.24) is 0 Å². The summed E-state index contributed by atoms with van der Waals surface area (Å²) in [5.74, 6) is 0. The minimum Gasteiger partial charge on any atom is -1.00 e. The van der Waals surface area contributed by atoms with E-state index in [2.05, 4.69) is 40.8 Å². The summed E-state index contributed by atoms with van der Waals surface area (Å²) in [6.45, 7) is 2.27. The molecule has 0 aliphatic heterocycles. The van der Waals surface area contributed by atoms with Gasteiger partial charge in [0.05, 0.1) is 0 Å². The first-order valence-electron chi connectivity index (χ1n) is 7.36. The van der Waals surface area contributed by atoms with E-state index in [1.807, 2.05) is 0 Å². The average molecular weight is 361 g/mol. The van der Waals surface area contributed by atoms with E-state index in [1.54, 1.807) is 0 Å². The molecule has 0 aromatic rings. The van der Waals surface area contributed by atoms with Crippen molar-refractivity contribution in [3.8, 4) is 0 Å². The van der Waals surface area contributed by atoms with Crippen molar-refractivity contribution in [1.29, 1.82) is 0 Å². The quantitative estimate of drug-likeness (QED) is 0.217. The number of rotatable bonds is 12. The molecule has 0 aromatic heterocycles. The Kier molecular flexibility index (Phi) is 23.7. The van der Waals surface area contributed by atoms with E-state index in [0.29, 0.717) is 0 Å². The molecule has 2 heteroatoms. The Morgan fingerprint density at radius 2 is 1.18 bits per heavy atom. The van der Waals surface area contributed by atoms with Gasteiger partial charge in [0, 0.05) is 0 Å². The molecule has 17 heavy (non-hydrogen) atoms. The van der Waals surface area contributed by atoms with Gasteiger partial charge in [-0.2, -0.15) is 0 Å². The van der Waals surface area contributed by atoms with Crippen molar-refractivity contribution in [2.24, 2.45) is 0 Å². The normalized spacial score (nSPS) is 10.8. The Hall–Kier alpha value is 1.24. The molecule has 0 unspecified atom stereocenters. The standard InChI is InChI=1S/C15H29.HI.Mg/c1-3-5-7-9-11-13-15-14-12-10-8-6-4-2;;/h14-15H,1,3-13H2,2H3;1H;/q;;+1/p-1/b15-14+;;. The fraction of sp³-hybridized carbons (Fsp3) is 0.867. The maximum Gasteiger partial charge on any atom is -1.00 e. The molecule has 0 saturated heterocycles. The molecule has 0 spiro atoms. The van der Waals surface area contributed by atoms with Crippen LogP contribution in [0.25, 0.3) is 0 Å². The van der Waals surface area contributed by atoms with Crippen LogP contribution in [0.1, 0.15) is 77.6 Å². The Labute approximate surface area is 139 Å². The minimum absolute atomic E-state index is 0. The summed E-state index contributed by atoms with van der Waals surface area (Å²) >= 11 is 2.10. The Bertz CT molecular complexity index is 146. The third kappa shape index (κ3) is 19.7. The monoisotopic (exact) mass is 360 g/mol. The van der Waals surface area contributed by atoms with Crippen LogP contribution in [0.3, 0.4) is 0 Å². The molecular weight excluding hydrogens is 331 g/mol. The average Bonchev–Trinajstić information content (AvgIpc) is 2.31. The minimum atomic E-state index is 0. The molecular formula is C15H29IMg. The first kappa shape index (κ1) is 20.6. The van der Waals surface area contributed by atoms with Crippen LogP contribution in [-0.4, -0.2) is 21.7 Å². The van der Waals surface area contributed by atoms with Crippen molar-refractivity contribution < 1.29 is 24.0 Å². The predicted molar refractivity (Wildman–Crippen MR) is 76.2 cm³/mol. The van der Waals surface area contributed by atoms with Gasteiger partial charge in [-0.3, -0.25) is 0 Å². The molecule has 0 saturated carbocycles. The zero-order valence-electron chi connectivity index (χ0n) is 11.7. The zero-order chi connectivity index (χ0) is 11.9. The number of hydrogen-bond acceptors (Lipinski definition) is 0. The van der Waals surface area contributed by atoms with Gasteiger partial charge in [0.15, 0.2) is 0 Å². The second-order valence-electron chi connectivity index (χ2n) is 4.73. The van der Waals surface area contributed by atoms with Gasteiger partial charge in [0.1, 0.15) is 0 Å². The second-order valence-corrected chi connectivity index (χ2v) is 5.44. The summed E-state index contributed by atoms with van der Waals surface area (Å²) in [4.78, 5) is 0. The van der Waals surface area contributed by atoms with Gasteiger partial charge >= 0.3 is 96.2 Å². The molecule has 0 radical (unpaired) electrons. The number of hydrogen-bond donors (Lipinski definition) is 0. The van der Waals surface area contributed by atoms with Gasteiger partial charge in [-0.05, 0) is 0 Å². The predicted octanol–water partition coefficient (Wildman–Crippen LogP) is 2.44. The zero-order valence-corrected chi connectivity index (χ0v) is 15.3.